The van der Waals surface area contributed by atoms with E-state index in [9.17, 15) is 13.2 Å². The summed E-state index contributed by atoms with van der Waals surface area (Å²) in [6.45, 7) is 0. The number of primary sulfonamides is 1. The maximum atomic E-state index is 11.6. The van der Waals surface area contributed by atoms with Crippen molar-refractivity contribution in [1.29, 1.82) is 0 Å². The van der Waals surface area contributed by atoms with Gasteiger partial charge in [0.15, 0.2) is 0 Å². The van der Waals surface area contributed by atoms with E-state index in [1.165, 1.54) is 23.9 Å². The molecular formula is C14H10N2O4S3. The second kappa shape index (κ2) is 5.93. The van der Waals surface area contributed by atoms with Crippen LogP contribution in [-0.2, 0) is 14.8 Å². The minimum Gasteiger partial charge on any atom is -0.457 e. The molecule has 1 fully saturated rings. The largest absolute Gasteiger partial charge is 0.457 e. The summed E-state index contributed by atoms with van der Waals surface area (Å²) < 4.78 is 28.5. The third kappa shape index (κ3) is 3.53. The maximum Gasteiger partial charge on any atom is 0.263 e. The fourth-order valence-electron chi connectivity index (χ4n) is 1.94. The molecule has 1 aromatic heterocycles. The SMILES string of the molecule is NS(=O)(=O)c1ccc(-c2ccc(/C=C3/SC(=S)NC3=O)o2)cc1. The van der Waals surface area contributed by atoms with Gasteiger partial charge in [0.25, 0.3) is 5.91 Å². The van der Waals surface area contributed by atoms with E-state index in [1.807, 2.05) is 0 Å². The number of thioether (sulfide) groups is 1. The molecule has 1 amide bonds. The number of thiocarbonyl (C=S) groups is 1. The van der Waals surface area contributed by atoms with Gasteiger partial charge in [-0.05, 0) is 36.4 Å². The van der Waals surface area contributed by atoms with Crippen LogP contribution in [0.5, 0.6) is 0 Å². The molecule has 0 saturated carbocycles. The van der Waals surface area contributed by atoms with Gasteiger partial charge in [-0.15, -0.1) is 0 Å². The highest BCUT2D eigenvalue weighted by molar-refractivity contribution is 8.26. The average molecular weight is 366 g/mol. The first-order chi connectivity index (χ1) is 10.8. The van der Waals surface area contributed by atoms with Crippen molar-refractivity contribution >= 4 is 50.3 Å². The summed E-state index contributed by atoms with van der Waals surface area (Å²) in [6.07, 6.45) is 1.60. The minimum absolute atomic E-state index is 0.0303. The summed E-state index contributed by atoms with van der Waals surface area (Å²) in [5.74, 6) is 0.789. The molecule has 2 heterocycles. The Kier molecular flexibility index (Phi) is 4.11. The van der Waals surface area contributed by atoms with Gasteiger partial charge in [-0.2, -0.15) is 0 Å². The Hall–Kier alpha value is -1.94. The molecule has 3 rings (SSSR count). The smallest absolute Gasteiger partial charge is 0.263 e. The van der Waals surface area contributed by atoms with Crippen LogP contribution in [-0.4, -0.2) is 18.6 Å². The van der Waals surface area contributed by atoms with Crippen molar-refractivity contribution in [3.05, 3.63) is 47.1 Å². The summed E-state index contributed by atoms with van der Waals surface area (Å²) in [6, 6.07) is 9.46. The lowest BCUT2D eigenvalue weighted by Crippen LogP contribution is -2.17. The first-order valence-corrected chi connectivity index (χ1v) is 9.08. The van der Waals surface area contributed by atoms with Crippen LogP contribution in [0.3, 0.4) is 0 Å². The Labute approximate surface area is 141 Å². The fourth-order valence-corrected chi connectivity index (χ4v) is 3.48. The molecule has 118 valence electrons. The first-order valence-electron chi connectivity index (χ1n) is 6.31. The normalized spacial score (nSPS) is 16.8. The molecule has 0 bridgehead atoms. The van der Waals surface area contributed by atoms with E-state index < -0.39 is 10.0 Å². The van der Waals surface area contributed by atoms with Gasteiger partial charge in [-0.1, -0.05) is 24.0 Å². The van der Waals surface area contributed by atoms with Gasteiger partial charge in [0.05, 0.1) is 9.80 Å². The summed E-state index contributed by atoms with van der Waals surface area (Å²) in [4.78, 5) is 12.1. The fraction of sp³-hybridized carbons (Fsp3) is 0. The lowest BCUT2D eigenvalue weighted by Gasteiger charge is -2.00. The molecule has 1 aromatic carbocycles. The van der Waals surface area contributed by atoms with Gasteiger partial charge in [0, 0.05) is 11.6 Å². The van der Waals surface area contributed by atoms with Gasteiger partial charge < -0.3 is 9.73 Å². The van der Waals surface area contributed by atoms with E-state index in [1.54, 1.807) is 30.3 Å². The molecule has 0 spiro atoms. The predicted octanol–water partition coefficient (Wildman–Crippen LogP) is 2.08. The van der Waals surface area contributed by atoms with E-state index in [-0.39, 0.29) is 10.8 Å². The molecule has 1 aliphatic heterocycles. The number of nitrogens with one attached hydrogen (secondary N) is 1. The second-order valence-electron chi connectivity index (χ2n) is 4.62. The third-order valence-electron chi connectivity index (χ3n) is 3.01. The molecule has 1 aliphatic rings. The Bertz CT molecular complexity index is 927. The predicted molar refractivity (Wildman–Crippen MR) is 91.8 cm³/mol. The zero-order valence-corrected chi connectivity index (χ0v) is 13.9. The minimum atomic E-state index is -3.72. The molecule has 0 atom stereocenters. The van der Waals surface area contributed by atoms with Crippen LogP contribution in [0.2, 0.25) is 0 Å². The molecule has 23 heavy (non-hydrogen) atoms. The molecule has 9 heteroatoms. The number of nitrogens with two attached hydrogens (primary N) is 1. The number of furan rings is 1. The summed E-state index contributed by atoms with van der Waals surface area (Å²) in [7, 11) is -3.72. The van der Waals surface area contributed by atoms with Crippen molar-refractivity contribution in [2.24, 2.45) is 5.14 Å². The van der Waals surface area contributed by atoms with E-state index in [4.69, 9.17) is 21.8 Å². The summed E-state index contributed by atoms with van der Waals surface area (Å²) in [5.41, 5.74) is 0.695. The van der Waals surface area contributed by atoms with Crippen molar-refractivity contribution in [1.82, 2.24) is 5.32 Å². The van der Waals surface area contributed by atoms with Gasteiger partial charge in [-0.25, -0.2) is 13.6 Å². The Morgan fingerprint density at radius 2 is 1.87 bits per heavy atom. The number of sulfonamides is 1. The third-order valence-corrected chi connectivity index (χ3v) is 5.10. The van der Waals surface area contributed by atoms with E-state index in [0.29, 0.717) is 26.3 Å². The highest BCUT2D eigenvalue weighted by Gasteiger charge is 2.22. The van der Waals surface area contributed by atoms with Crippen molar-refractivity contribution in [2.45, 2.75) is 4.90 Å². The molecule has 0 unspecified atom stereocenters. The number of carbonyl (C=O) groups excluding carboxylic acids is 1. The molecule has 0 radical (unpaired) electrons. The van der Waals surface area contributed by atoms with E-state index in [2.05, 4.69) is 5.32 Å². The molecule has 0 aliphatic carbocycles. The van der Waals surface area contributed by atoms with Crippen LogP contribution in [0.15, 0.2) is 50.6 Å². The van der Waals surface area contributed by atoms with Crippen molar-refractivity contribution < 1.29 is 17.6 Å². The molecule has 2 aromatic rings. The quantitative estimate of drug-likeness (QED) is 0.637. The number of rotatable bonds is 3. The highest BCUT2D eigenvalue weighted by Crippen LogP contribution is 2.29. The highest BCUT2D eigenvalue weighted by atomic mass is 32.2. The first kappa shape index (κ1) is 15.9. The average Bonchev–Trinajstić information content (AvgIpc) is 3.06. The maximum absolute atomic E-state index is 11.6. The Balaban J connectivity index is 1.86. The monoisotopic (exact) mass is 366 g/mol. The van der Waals surface area contributed by atoms with E-state index in [0.717, 1.165) is 0 Å². The lowest BCUT2D eigenvalue weighted by molar-refractivity contribution is -0.115. The van der Waals surface area contributed by atoms with Gasteiger partial charge in [-0.3, -0.25) is 4.79 Å². The van der Waals surface area contributed by atoms with Crippen LogP contribution < -0.4 is 10.5 Å². The van der Waals surface area contributed by atoms with Crippen molar-refractivity contribution in [3.63, 3.8) is 0 Å². The van der Waals surface area contributed by atoms with Crippen molar-refractivity contribution in [3.8, 4) is 11.3 Å². The zero-order chi connectivity index (χ0) is 16.6. The number of benzene rings is 1. The summed E-state index contributed by atoms with van der Waals surface area (Å²) in [5, 5.41) is 7.58. The van der Waals surface area contributed by atoms with E-state index >= 15 is 0 Å². The Morgan fingerprint density at radius 3 is 2.43 bits per heavy atom. The van der Waals surface area contributed by atoms with Crippen LogP contribution in [0.1, 0.15) is 5.76 Å². The molecule has 3 N–H and O–H groups in total. The van der Waals surface area contributed by atoms with Crippen LogP contribution >= 0.6 is 24.0 Å². The number of hydrogen-bond acceptors (Lipinski definition) is 6. The standard InChI is InChI=1S/C14H10N2O4S3/c15-23(18,19)10-4-1-8(2-5-10)11-6-3-9(20-11)7-12-13(17)16-14(21)22-12/h1-7H,(H2,15,18,19)(H,16,17,21)/b12-7+. The van der Waals surface area contributed by atoms with Crippen LogP contribution in [0.4, 0.5) is 0 Å². The second-order valence-corrected chi connectivity index (χ2v) is 7.90. The lowest BCUT2D eigenvalue weighted by atomic mass is 10.2. The number of carbonyl (C=O) groups is 1. The summed E-state index contributed by atoms with van der Waals surface area (Å²) >= 11 is 6.08. The van der Waals surface area contributed by atoms with Gasteiger partial charge in [0.2, 0.25) is 10.0 Å². The zero-order valence-electron chi connectivity index (χ0n) is 11.5. The topological polar surface area (TPSA) is 102 Å². The number of amides is 1. The molecule has 1 saturated heterocycles. The number of hydrogen-bond donors (Lipinski definition) is 2. The van der Waals surface area contributed by atoms with Crippen LogP contribution in [0, 0.1) is 0 Å². The molecular weight excluding hydrogens is 356 g/mol. The Morgan fingerprint density at radius 1 is 1.17 bits per heavy atom. The van der Waals surface area contributed by atoms with Gasteiger partial charge >= 0.3 is 0 Å². The van der Waals surface area contributed by atoms with Crippen LogP contribution in [0.25, 0.3) is 17.4 Å². The molecule has 6 nitrogen and oxygen atoms in total. The van der Waals surface area contributed by atoms with Crippen molar-refractivity contribution in [2.75, 3.05) is 0 Å². The van der Waals surface area contributed by atoms with Gasteiger partial charge in [0.1, 0.15) is 15.8 Å².